The van der Waals surface area contributed by atoms with Crippen LogP contribution < -0.4 is 5.32 Å². The average Bonchev–Trinajstić information content (AvgIpc) is 2.76. The predicted octanol–water partition coefficient (Wildman–Crippen LogP) is 1.07. The average molecular weight is 228 g/mol. The van der Waals surface area contributed by atoms with Gasteiger partial charge in [0.05, 0.1) is 0 Å². The number of H-pyrrole nitrogens is 1. The van der Waals surface area contributed by atoms with Crippen molar-refractivity contribution in [1.82, 2.24) is 20.5 Å². The van der Waals surface area contributed by atoms with Crippen molar-refractivity contribution >= 4 is 17.7 Å². The fourth-order valence-corrected chi connectivity index (χ4v) is 1.64. The summed E-state index contributed by atoms with van der Waals surface area (Å²) in [6.07, 6.45) is 6.80. The van der Waals surface area contributed by atoms with Crippen molar-refractivity contribution in [2.45, 2.75) is 19.3 Å². The van der Waals surface area contributed by atoms with Crippen LogP contribution in [-0.4, -0.2) is 39.6 Å². The molecule has 1 rings (SSSR count). The quantitative estimate of drug-likeness (QED) is 0.685. The molecule has 0 atom stereocenters. The Bertz CT molecular complexity index is 276. The monoisotopic (exact) mass is 228 g/mol. The summed E-state index contributed by atoms with van der Waals surface area (Å²) in [5.74, 6) is 1.28. The highest BCUT2D eigenvalue weighted by atomic mass is 32.2. The zero-order valence-electron chi connectivity index (χ0n) is 8.82. The molecule has 0 radical (unpaired) electrons. The maximum atomic E-state index is 11.3. The molecule has 0 fully saturated rings. The van der Waals surface area contributed by atoms with E-state index in [4.69, 9.17) is 0 Å². The summed E-state index contributed by atoms with van der Waals surface area (Å²) in [4.78, 5) is 15.1. The lowest BCUT2D eigenvalue weighted by Crippen LogP contribution is -2.25. The molecular weight excluding hydrogens is 212 g/mol. The highest BCUT2D eigenvalue weighted by Crippen LogP contribution is 2.01. The van der Waals surface area contributed by atoms with E-state index in [-0.39, 0.29) is 11.7 Å². The Morgan fingerprint density at radius 3 is 3.07 bits per heavy atom. The van der Waals surface area contributed by atoms with Crippen LogP contribution >= 0.6 is 11.8 Å². The molecule has 6 heteroatoms. The van der Waals surface area contributed by atoms with Crippen LogP contribution in [0.5, 0.6) is 0 Å². The van der Waals surface area contributed by atoms with Crippen LogP contribution in [-0.2, 0) is 0 Å². The molecule has 0 spiro atoms. The standard InChI is InChI=1S/C9H16N4OS/c1-15-6-4-2-3-5-10-9(14)8-11-7-12-13-8/h7H,2-6H2,1H3,(H,10,14)(H,11,12,13). The third-order valence-corrected chi connectivity index (χ3v) is 2.64. The van der Waals surface area contributed by atoms with Crippen LogP contribution in [0.1, 0.15) is 29.9 Å². The predicted molar refractivity (Wildman–Crippen MR) is 60.9 cm³/mol. The van der Waals surface area contributed by atoms with Gasteiger partial charge in [0, 0.05) is 6.54 Å². The van der Waals surface area contributed by atoms with Crippen LogP contribution in [0.15, 0.2) is 6.33 Å². The second kappa shape index (κ2) is 7.28. The molecule has 0 aliphatic heterocycles. The Morgan fingerprint density at radius 2 is 2.40 bits per heavy atom. The van der Waals surface area contributed by atoms with Gasteiger partial charge in [0.15, 0.2) is 0 Å². The van der Waals surface area contributed by atoms with Gasteiger partial charge in [-0.15, -0.1) is 0 Å². The molecule has 1 aromatic heterocycles. The van der Waals surface area contributed by atoms with Gasteiger partial charge in [0.25, 0.3) is 5.91 Å². The first-order valence-corrected chi connectivity index (χ1v) is 6.36. The Balaban J connectivity index is 2.03. The smallest absolute Gasteiger partial charge is 0.288 e. The van der Waals surface area contributed by atoms with E-state index in [9.17, 15) is 4.79 Å². The number of aromatic amines is 1. The van der Waals surface area contributed by atoms with Crippen molar-refractivity contribution in [3.63, 3.8) is 0 Å². The number of carbonyl (C=O) groups is 1. The third kappa shape index (κ3) is 4.83. The molecule has 0 aliphatic carbocycles. The number of unbranched alkanes of at least 4 members (excludes halogenated alkanes) is 2. The zero-order chi connectivity index (χ0) is 10.9. The van der Waals surface area contributed by atoms with Crippen molar-refractivity contribution in [2.75, 3.05) is 18.6 Å². The fraction of sp³-hybridized carbons (Fsp3) is 0.667. The maximum Gasteiger partial charge on any atom is 0.288 e. The minimum atomic E-state index is -0.183. The Kier molecular flexibility index (Phi) is 5.84. The molecule has 1 aromatic rings. The number of nitrogens with zero attached hydrogens (tertiary/aromatic N) is 2. The fourth-order valence-electron chi connectivity index (χ4n) is 1.15. The zero-order valence-corrected chi connectivity index (χ0v) is 9.64. The van der Waals surface area contributed by atoms with Crippen molar-refractivity contribution in [1.29, 1.82) is 0 Å². The second-order valence-electron chi connectivity index (χ2n) is 3.14. The van der Waals surface area contributed by atoms with Gasteiger partial charge in [0.2, 0.25) is 5.82 Å². The molecule has 0 bridgehead atoms. The highest BCUT2D eigenvalue weighted by molar-refractivity contribution is 7.98. The lowest BCUT2D eigenvalue weighted by atomic mass is 10.2. The SMILES string of the molecule is CSCCCCCNC(=O)c1ncn[nH]1. The minimum absolute atomic E-state index is 0.183. The first-order valence-electron chi connectivity index (χ1n) is 4.97. The van der Waals surface area contributed by atoms with E-state index < -0.39 is 0 Å². The number of aromatic nitrogens is 3. The number of thioether (sulfide) groups is 1. The van der Waals surface area contributed by atoms with E-state index in [1.165, 1.54) is 18.5 Å². The van der Waals surface area contributed by atoms with Gasteiger partial charge in [-0.1, -0.05) is 6.42 Å². The molecule has 84 valence electrons. The summed E-state index contributed by atoms with van der Waals surface area (Å²) >= 11 is 1.85. The molecule has 0 aromatic carbocycles. The third-order valence-electron chi connectivity index (χ3n) is 1.94. The second-order valence-corrected chi connectivity index (χ2v) is 4.13. The van der Waals surface area contributed by atoms with E-state index in [0.717, 1.165) is 12.8 Å². The summed E-state index contributed by atoms with van der Waals surface area (Å²) in [6, 6.07) is 0. The first kappa shape index (κ1) is 12.0. The molecule has 2 N–H and O–H groups in total. The molecular formula is C9H16N4OS. The minimum Gasteiger partial charge on any atom is -0.349 e. The molecule has 5 nitrogen and oxygen atoms in total. The van der Waals surface area contributed by atoms with E-state index >= 15 is 0 Å². The summed E-state index contributed by atoms with van der Waals surface area (Å²) < 4.78 is 0. The Morgan fingerprint density at radius 1 is 1.53 bits per heavy atom. The topological polar surface area (TPSA) is 70.7 Å². The molecule has 15 heavy (non-hydrogen) atoms. The van der Waals surface area contributed by atoms with Crippen molar-refractivity contribution in [2.24, 2.45) is 0 Å². The number of rotatable bonds is 7. The lowest BCUT2D eigenvalue weighted by Gasteiger charge is -2.02. The maximum absolute atomic E-state index is 11.3. The van der Waals surface area contributed by atoms with E-state index in [1.54, 1.807) is 0 Å². The molecule has 0 unspecified atom stereocenters. The van der Waals surface area contributed by atoms with Gasteiger partial charge < -0.3 is 5.32 Å². The van der Waals surface area contributed by atoms with Gasteiger partial charge in [0.1, 0.15) is 6.33 Å². The molecule has 0 saturated heterocycles. The van der Waals surface area contributed by atoms with Gasteiger partial charge >= 0.3 is 0 Å². The van der Waals surface area contributed by atoms with E-state index in [1.807, 2.05) is 11.8 Å². The number of hydrogen-bond donors (Lipinski definition) is 2. The summed E-state index contributed by atoms with van der Waals surface area (Å²) in [7, 11) is 0. The van der Waals surface area contributed by atoms with Crippen molar-refractivity contribution < 1.29 is 4.79 Å². The van der Waals surface area contributed by atoms with Crippen LogP contribution in [0.2, 0.25) is 0 Å². The summed E-state index contributed by atoms with van der Waals surface area (Å²) in [6.45, 7) is 0.702. The highest BCUT2D eigenvalue weighted by Gasteiger charge is 2.06. The molecule has 0 aliphatic rings. The van der Waals surface area contributed by atoms with Gasteiger partial charge in [-0.25, -0.2) is 4.98 Å². The summed E-state index contributed by atoms with van der Waals surface area (Å²) in [5.41, 5.74) is 0. The number of hydrogen-bond acceptors (Lipinski definition) is 4. The van der Waals surface area contributed by atoms with E-state index in [0.29, 0.717) is 6.54 Å². The molecule has 0 saturated carbocycles. The molecule has 1 heterocycles. The normalized spacial score (nSPS) is 10.2. The summed E-state index contributed by atoms with van der Waals surface area (Å²) in [5, 5.41) is 8.92. The van der Waals surface area contributed by atoms with Gasteiger partial charge in [-0.3, -0.25) is 9.89 Å². The van der Waals surface area contributed by atoms with Crippen LogP contribution in [0.4, 0.5) is 0 Å². The largest absolute Gasteiger partial charge is 0.349 e. The Labute approximate surface area is 93.4 Å². The first-order chi connectivity index (χ1) is 7.34. The van der Waals surface area contributed by atoms with Crippen LogP contribution in [0.25, 0.3) is 0 Å². The Hall–Kier alpha value is -1.04. The number of carbonyl (C=O) groups excluding carboxylic acids is 1. The lowest BCUT2D eigenvalue weighted by molar-refractivity contribution is 0.0943. The number of nitrogens with one attached hydrogen (secondary N) is 2. The van der Waals surface area contributed by atoms with Crippen molar-refractivity contribution in [3.8, 4) is 0 Å². The number of amides is 1. The van der Waals surface area contributed by atoms with Gasteiger partial charge in [-0.05, 0) is 24.9 Å². The van der Waals surface area contributed by atoms with Gasteiger partial charge in [-0.2, -0.15) is 16.9 Å². The molecule has 1 amide bonds. The van der Waals surface area contributed by atoms with Crippen molar-refractivity contribution in [3.05, 3.63) is 12.2 Å². The van der Waals surface area contributed by atoms with Crippen LogP contribution in [0.3, 0.4) is 0 Å². The van der Waals surface area contributed by atoms with Crippen LogP contribution in [0, 0.1) is 0 Å². The van der Waals surface area contributed by atoms with E-state index in [2.05, 4.69) is 26.8 Å².